The molecule has 1 aromatic heterocycles. The fraction of sp³-hybridized carbons (Fsp3) is 0.359. The Morgan fingerprint density at radius 2 is 0.964 bits per heavy atom. The fourth-order valence-corrected chi connectivity index (χ4v) is 17.5. The van der Waals surface area contributed by atoms with Crippen LogP contribution in [0.15, 0.2) is 158 Å². The maximum absolute atomic E-state index is 4.39. The molecular weight excluding hydrogens is 1020 g/mol. The molecule has 0 saturated carbocycles. The van der Waals surface area contributed by atoms with Crippen LogP contribution in [0.2, 0.25) is 0 Å². The number of aryl methyl sites for hydroxylation is 1. The summed E-state index contributed by atoms with van der Waals surface area (Å²) in [4.78, 5) is 5.27. The molecule has 0 radical (unpaired) electrons. The van der Waals surface area contributed by atoms with E-state index in [-0.39, 0.29) is 44.6 Å². The van der Waals surface area contributed by atoms with Crippen LogP contribution in [0, 0.1) is 6.92 Å². The van der Waals surface area contributed by atoms with Crippen molar-refractivity contribution in [2.45, 2.75) is 180 Å². The van der Waals surface area contributed by atoms with Crippen molar-refractivity contribution in [1.29, 1.82) is 0 Å². The van der Waals surface area contributed by atoms with E-state index in [4.69, 9.17) is 0 Å². The number of para-hydroxylation sites is 2. The molecule has 1 N–H and O–H groups in total. The number of anilines is 8. The molecule has 0 bridgehead atoms. The number of nitrogens with zero attached hydrogens (tertiary/aromatic N) is 2. The summed E-state index contributed by atoms with van der Waals surface area (Å²) in [5, 5.41) is 5.75. The molecule has 0 unspecified atom stereocenters. The lowest BCUT2D eigenvalue weighted by Crippen LogP contribution is -2.58. The molecule has 14 rings (SSSR count). The zero-order valence-electron chi connectivity index (χ0n) is 52.1. The number of rotatable bonds is 7. The van der Waals surface area contributed by atoms with Crippen molar-refractivity contribution in [3.8, 4) is 11.1 Å². The molecule has 0 spiro atoms. The highest BCUT2D eigenvalue weighted by Gasteiger charge is 2.48. The van der Waals surface area contributed by atoms with Gasteiger partial charge in [-0.3, -0.25) is 0 Å². The second-order valence-corrected chi connectivity index (χ2v) is 31.3. The molecule has 8 aromatic carbocycles. The first-order chi connectivity index (χ1) is 39.3. The summed E-state index contributed by atoms with van der Waals surface area (Å²) in [5.41, 5.74) is 27.9. The summed E-state index contributed by atoms with van der Waals surface area (Å²) in [6.45, 7) is 37.0. The first-order valence-electron chi connectivity index (χ1n) is 31.1. The van der Waals surface area contributed by atoms with Gasteiger partial charge < -0.3 is 15.1 Å². The minimum absolute atomic E-state index is 0.0152. The topological polar surface area (TPSA) is 18.5 Å². The van der Waals surface area contributed by atoms with Gasteiger partial charge in [0, 0.05) is 54.3 Å². The summed E-state index contributed by atoms with van der Waals surface area (Å²) in [7, 11) is 0. The molecular formula is C78H84BN3S. The monoisotopic (exact) mass is 1110 g/mol. The second-order valence-electron chi connectivity index (χ2n) is 30.2. The van der Waals surface area contributed by atoms with Gasteiger partial charge in [0.15, 0.2) is 0 Å². The van der Waals surface area contributed by atoms with E-state index in [1.54, 1.807) is 0 Å². The minimum atomic E-state index is -0.196. The van der Waals surface area contributed by atoms with Gasteiger partial charge >= 0.3 is 0 Å². The largest absolute Gasteiger partial charge is 0.356 e. The highest BCUT2D eigenvalue weighted by molar-refractivity contribution is 7.33. The number of hydrogen-bond donors (Lipinski definition) is 1. The van der Waals surface area contributed by atoms with Crippen molar-refractivity contribution in [3.63, 3.8) is 0 Å². The maximum atomic E-state index is 4.39. The molecule has 0 fully saturated rings. The minimum Gasteiger partial charge on any atom is -0.356 e. The van der Waals surface area contributed by atoms with E-state index in [2.05, 4.69) is 288 Å². The van der Waals surface area contributed by atoms with E-state index in [1.807, 2.05) is 0 Å². The summed E-state index contributed by atoms with van der Waals surface area (Å²) < 4.78 is 2.79. The Kier molecular flexibility index (Phi) is 12.0. The maximum Gasteiger partial charge on any atom is 0.262 e. The number of nitrogens with one attached hydrogen (secondary N) is 1. The van der Waals surface area contributed by atoms with Crippen LogP contribution in [0.25, 0.3) is 21.2 Å². The van der Waals surface area contributed by atoms with Gasteiger partial charge in [0.05, 0.1) is 17.1 Å². The lowest BCUT2D eigenvalue weighted by atomic mass is 9.36. The number of hydrogen-bond acceptors (Lipinski definition) is 4. The van der Waals surface area contributed by atoms with Crippen LogP contribution < -0.4 is 30.8 Å². The van der Waals surface area contributed by atoms with Crippen molar-refractivity contribution >= 4 is 89.3 Å². The molecule has 0 saturated heterocycles. The van der Waals surface area contributed by atoms with E-state index in [0.29, 0.717) is 0 Å². The predicted molar refractivity (Wildman–Crippen MR) is 360 cm³/mol. The molecule has 9 aromatic rings. The highest BCUT2D eigenvalue weighted by Crippen LogP contribution is 2.58. The standard InChI is InChI=1S/C78H84BN3S/c1-48-41-58-61(76(10,11)39-37-73(58,4)5)46-63(48)79-69-64(80-49-33-34-56-59(42-49)74(6,7)36-35-72(56,2)3)43-52(81(50-25-18-16-19-26-50)51-27-20-17-21-28-51)44-66(69)82(65-32-24-31-57-68(65)53-29-22-23-30-55(53)78(57,14)15)70-54-45-60-62(47-67(54)83-71(70)79)77(12,13)40-38-75(60,8)9/h16-34,41-47,80H,35-40H2,1-15H3. The van der Waals surface area contributed by atoms with Crippen molar-refractivity contribution in [2.24, 2.45) is 0 Å². The predicted octanol–water partition coefficient (Wildman–Crippen LogP) is 20.1. The molecule has 420 valence electrons. The van der Waals surface area contributed by atoms with Gasteiger partial charge in [0.1, 0.15) is 0 Å². The molecule has 0 amide bonds. The Hall–Kier alpha value is -6.82. The van der Waals surface area contributed by atoms with Gasteiger partial charge in [-0.25, -0.2) is 0 Å². The first-order valence-corrected chi connectivity index (χ1v) is 31.9. The van der Waals surface area contributed by atoms with Gasteiger partial charge in [-0.15, -0.1) is 11.3 Å². The van der Waals surface area contributed by atoms with Crippen molar-refractivity contribution < 1.29 is 0 Å². The van der Waals surface area contributed by atoms with Crippen LogP contribution in [0.5, 0.6) is 0 Å². The van der Waals surface area contributed by atoms with Crippen LogP contribution in [0.1, 0.15) is 186 Å². The molecule has 3 nitrogen and oxygen atoms in total. The van der Waals surface area contributed by atoms with E-state index >= 15 is 0 Å². The van der Waals surface area contributed by atoms with Crippen molar-refractivity contribution in [1.82, 2.24) is 0 Å². The smallest absolute Gasteiger partial charge is 0.262 e. The van der Waals surface area contributed by atoms with Gasteiger partial charge in [-0.2, -0.15) is 0 Å². The number of thiophene rings is 1. The third kappa shape index (κ3) is 8.31. The Morgan fingerprint density at radius 1 is 0.446 bits per heavy atom. The molecule has 5 aliphatic rings. The van der Waals surface area contributed by atoms with Gasteiger partial charge in [-0.1, -0.05) is 199 Å². The molecule has 83 heavy (non-hydrogen) atoms. The lowest BCUT2D eigenvalue weighted by molar-refractivity contribution is 0.332. The van der Waals surface area contributed by atoms with Crippen LogP contribution >= 0.6 is 11.3 Å². The Bertz CT molecular complexity index is 4090. The number of benzene rings is 8. The van der Waals surface area contributed by atoms with Crippen LogP contribution in [-0.4, -0.2) is 6.71 Å². The molecule has 0 atom stereocenters. The summed E-state index contributed by atoms with van der Waals surface area (Å²) >= 11 is 2.06. The van der Waals surface area contributed by atoms with Crippen LogP contribution in [-0.2, 0) is 37.9 Å². The van der Waals surface area contributed by atoms with Gasteiger partial charge in [0.2, 0.25) is 0 Å². The van der Waals surface area contributed by atoms with Crippen molar-refractivity contribution in [2.75, 3.05) is 15.1 Å². The SMILES string of the molecule is Cc1cc2c(cc1B1c3sc4cc5c(cc4c3N(c3cccc4c3-c3ccccc3C4(C)C)c3cc(N(c4ccccc4)c4ccccc4)cc(Nc4ccc6c(c4)C(C)(C)CCC6(C)C)c31)C(C)(C)CCC5(C)C)C(C)(C)CCC2(C)C. The Balaban J connectivity index is 1.16. The molecule has 4 aliphatic carbocycles. The average molecular weight is 1110 g/mol. The molecule has 2 heterocycles. The van der Waals surface area contributed by atoms with E-state index in [1.165, 1.54) is 123 Å². The third-order valence-corrected chi connectivity index (χ3v) is 22.8. The van der Waals surface area contributed by atoms with Crippen LogP contribution in [0.3, 0.4) is 0 Å². The summed E-state index contributed by atoms with van der Waals surface area (Å²) in [6.07, 6.45) is 6.99. The first kappa shape index (κ1) is 54.1. The Labute approximate surface area is 500 Å². The second kappa shape index (κ2) is 18.3. The highest BCUT2D eigenvalue weighted by atomic mass is 32.1. The average Bonchev–Trinajstić information content (AvgIpc) is 1.75. The third-order valence-electron chi connectivity index (χ3n) is 21.6. The van der Waals surface area contributed by atoms with E-state index in [0.717, 1.165) is 47.7 Å². The number of fused-ring (bicyclic) bond motifs is 10. The van der Waals surface area contributed by atoms with Crippen LogP contribution in [0.4, 0.5) is 45.5 Å². The van der Waals surface area contributed by atoms with E-state index in [9.17, 15) is 0 Å². The summed E-state index contributed by atoms with van der Waals surface area (Å²) in [5.74, 6) is 0. The fourth-order valence-electron chi connectivity index (χ4n) is 16.1. The normalized spacial score (nSPS) is 19.4. The quantitative estimate of drug-likeness (QED) is 0.161. The molecule has 1 aliphatic heterocycles. The van der Waals surface area contributed by atoms with Gasteiger partial charge in [-0.05, 0) is 200 Å². The summed E-state index contributed by atoms with van der Waals surface area (Å²) in [6, 6.07) is 61.7. The lowest BCUT2D eigenvalue weighted by Gasteiger charge is -2.44. The Morgan fingerprint density at radius 3 is 1.58 bits per heavy atom. The zero-order valence-corrected chi connectivity index (χ0v) is 53.0. The van der Waals surface area contributed by atoms with Gasteiger partial charge in [0.25, 0.3) is 6.71 Å². The van der Waals surface area contributed by atoms with E-state index < -0.39 is 0 Å². The van der Waals surface area contributed by atoms with Crippen molar-refractivity contribution in [3.05, 3.63) is 208 Å². The molecule has 5 heteroatoms. The zero-order chi connectivity index (χ0) is 58.1.